The molecule has 2 aromatic rings. The van der Waals surface area contributed by atoms with Crippen LogP contribution in [0.2, 0.25) is 0 Å². The molecule has 0 bridgehead atoms. The van der Waals surface area contributed by atoms with Gasteiger partial charge in [0.2, 0.25) is 0 Å². The van der Waals surface area contributed by atoms with Crippen molar-refractivity contribution < 1.29 is 45.3 Å². The van der Waals surface area contributed by atoms with Crippen molar-refractivity contribution in [3.63, 3.8) is 0 Å². The highest BCUT2D eigenvalue weighted by Crippen LogP contribution is 2.44. The van der Waals surface area contributed by atoms with Crippen molar-refractivity contribution in [2.45, 2.75) is 18.7 Å². The number of benzene rings is 2. The lowest BCUT2D eigenvalue weighted by molar-refractivity contribution is -0.392. The number of halogens is 7. The van der Waals surface area contributed by atoms with E-state index in [1.54, 1.807) is 0 Å². The summed E-state index contributed by atoms with van der Waals surface area (Å²) >= 11 is 0. The van der Waals surface area contributed by atoms with Gasteiger partial charge >= 0.3 is 18.7 Å². The van der Waals surface area contributed by atoms with Gasteiger partial charge < -0.3 is 10.1 Å². The number of para-hydroxylation sites is 2. The molecule has 0 saturated carbocycles. The number of rotatable bonds is 7. The highest BCUT2D eigenvalue weighted by molar-refractivity contribution is 5.81. The normalized spacial score (nSPS) is 12.0. The molecule has 1 N–H and O–H groups in total. The first-order valence-corrected chi connectivity index (χ1v) is 7.49. The number of nitro benzene ring substituents is 2. The van der Waals surface area contributed by atoms with E-state index in [1.165, 1.54) is 0 Å². The summed E-state index contributed by atoms with van der Waals surface area (Å²) in [6.45, 7) is 0. The lowest BCUT2D eigenvalue weighted by atomic mass is 10.1. The van der Waals surface area contributed by atoms with Crippen LogP contribution in [0.1, 0.15) is 5.56 Å². The molecule has 0 saturated heterocycles. The SMILES string of the molecule is O=[N+]([O-])c1cc(C(F)(F)F)cc([N+](=O)[O-])c1Nc1ccccc1OC(F)(F)C(F)F. The van der Waals surface area contributed by atoms with Gasteiger partial charge in [-0.3, -0.25) is 20.2 Å². The first kappa shape index (κ1) is 22.6. The van der Waals surface area contributed by atoms with E-state index >= 15 is 0 Å². The molecule has 0 aliphatic heterocycles. The number of ether oxygens (including phenoxy) is 1. The average Bonchev–Trinajstić information content (AvgIpc) is 2.61. The van der Waals surface area contributed by atoms with Crippen LogP contribution in [0.4, 0.5) is 53.5 Å². The summed E-state index contributed by atoms with van der Waals surface area (Å²) in [6.07, 6.45) is -14.4. The Kier molecular flexibility index (Phi) is 6.04. The van der Waals surface area contributed by atoms with Crippen LogP contribution in [-0.2, 0) is 6.18 Å². The molecule has 0 atom stereocenters. The summed E-state index contributed by atoms with van der Waals surface area (Å²) in [5, 5.41) is 24.3. The predicted molar refractivity (Wildman–Crippen MR) is 86.1 cm³/mol. The standard InChI is InChI=1S/C15H8F7N3O5/c16-13(17)15(21,22)30-11-4-2-1-3-8(11)23-12-9(24(26)27)5-7(14(18,19)20)6-10(12)25(28)29/h1-6,13,23H. The van der Waals surface area contributed by atoms with Crippen molar-refractivity contribution in [2.24, 2.45) is 0 Å². The van der Waals surface area contributed by atoms with Crippen molar-refractivity contribution >= 4 is 22.7 Å². The van der Waals surface area contributed by atoms with Gasteiger partial charge in [0.25, 0.3) is 11.4 Å². The number of hydrogen-bond acceptors (Lipinski definition) is 6. The third-order valence-electron chi connectivity index (χ3n) is 3.46. The van der Waals surface area contributed by atoms with Gasteiger partial charge in [0, 0.05) is 12.1 Å². The number of anilines is 2. The maximum absolute atomic E-state index is 13.2. The first-order valence-electron chi connectivity index (χ1n) is 7.49. The summed E-state index contributed by atoms with van der Waals surface area (Å²) in [7, 11) is 0. The Bertz CT molecular complexity index is 946. The number of nitro groups is 2. The van der Waals surface area contributed by atoms with Crippen LogP contribution in [0.3, 0.4) is 0 Å². The maximum atomic E-state index is 13.2. The van der Waals surface area contributed by atoms with E-state index in [-0.39, 0.29) is 12.1 Å². The third-order valence-corrected chi connectivity index (χ3v) is 3.46. The summed E-state index contributed by atoms with van der Waals surface area (Å²) in [4.78, 5) is 19.6. The lowest BCUT2D eigenvalue weighted by Gasteiger charge is -2.19. The zero-order valence-corrected chi connectivity index (χ0v) is 14.1. The fourth-order valence-electron chi connectivity index (χ4n) is 2.18. The second-order valence-electron chi connectivity index (χ2n) is 5.49. The van der Waals surface area contributed by atoms with Crippen molar-refractivity contribution in [1.82, 2.24) is 0 Å². The van der Waals surface area contributed by atoms with Gasteiger partial charge in [-0.1, -0.05) is 12.1 Å². The number of nitrogens with zero attached hydrogens (tertiary/aromatic N) is 2. The Morgan fingerprint density at radius 3 is 1.87 bits per heavy atom. The quantitative estimate of drug-likeness (QED) is 0.344. The average molecular weight is 443 g/mol. The summed E-state index contributed by atoms with van der Waals surface area (Å²) in [5.74, 6) is -0.994. The van der Waals surface area contributed by atoms with E-state index in [2.05, 4.69) is 4.74 Å². The number of nitrogens with one attached hydrogen (secondary N) is 1. The van der Waals surface area contributed by atoms with E-state index in [4.69, 9.17) is 0 Å². The van der Waals surface area contributed by atoms with Gasteiger partial charge in [-0.25, -0.2) is 0 Å². The van der Waals surface area contributed by atoms with E-state index in [1.807, 2.05) is 5.32 Å². The molecule has 2 rings (SSSR count). The fraction of sp³-hybridized carbons (Fsp3) is 0.200. The van der Waals surface area contributed by atoms with Crippen LogP contribution in [0, 0.1) is 20.2 Å². The fourth-order valence-corrected chi connectivity index (χ4v) is 2.18. The second kappa shape index (κ2) is 8.00. The van der Waals surface area contributed by atoms with Crippen molar-refractivity contribution in [2.75, 3.05) is 5.32 Å². The number of alkyl halides is 7. The third kappa shape index (κ3) is 4.84. The zero-order chi connectivity index (χ0) is 22.9. The van der Waals surface area contributed by atoms with Crippen LogP contribution in [0.25, 0.3) is 0 Å². The molecule has 0 fully saturated rings. The predicted octanol–water partition coefficient (Wildman–Crippen LogP) is 5.50. The molecule has 0 aliphatic rings. The van der Waals surface area contributed by atoms with Gasteiger partial charge in [0.1, 0.15) is 5.75 Å². The van der Waals surface area contributed by atoms with Gasteiger partial charge in [-0.05, 0) is 12.1 Å². The van der Waals surface area contributed by atoms with Crippen molar-refractivity contribution in [3.8, 4) is 5.75 Å². The molecular weight excluding hydrogens is 435 g/mol. The Hall–Kier alpha value is -3.65. The molecule has 15 heteroatoms. The minimum Gasteiger partial charge on any atom is -0.426 e. The smallest absolute Gasteiger partial charge is 0.426 e. The summed E-state index contributed by atoms with van der Waals surface area (Å²) in [6, 6.07) is 3.77. The zero-order valence-electron chi connectivity index (χ0n) is 14.1. The van der Waals surface area contributed by atoms with Crippen LogP contribution < -0.4 is 10.1 Å². The molecule has 2 aromatic carbocycles. The minimum atomic E-state index is -5.17. The van der Waals surface area contributed by atoms with E-state index in [0.717, 1.165) is 24.3 Å². The second-order valence-corrected chi connectivity index (χ2v) is 5.49. The molecule has 30 heavy (non-hydrogen) atoms. The lowest BCUT2D eigenvalue weighted by Crippen LogP contribution is -2.33. The van der Waals surface area contributed by atoms with Gasteiger partial charge in [-0.15, -0.1) is 0 Å². The van der Waals surface area contributed by atoms with Crippen LogP contribution >= 0.6 is 0 Å². The molecule has 162 valence electrons. The van der Waals surface area contributed by atoms with Crippen LogP contribution in [0.5, 0.6) is 5.75 Å². The van der Waals surface area contributed by atoms with E-state index < -0.39 is 62.6 Å². The molecule has 0 aliphatic carbocycles. The Labute approximate surface area is 161 Å². The topological polar surface area (TPSA) is 108 Å². The van der Waals surface area contributed by atoms with Crippen molar-refractivity contribution in [3.05, 3.63) is 62.2 Å². The Balaban J connectivity index is 2.64. The molecule has 0 spiro atoms. The molecule has 8 nitrogen and oxygen atoms in total. The largest absolute Gasteiger partial charge is 0.461 e. The highest BCUT2D eigenvalue weighted by Gasteiger charge is 2.44. The Morgan fingerprint density at radius 1 is 0.933 bits per heavy atom. The maximum Gasteiger partial charge on any atom is 0.461 e. The van der Waals surface area contributed by atoms with Gasteiger partial charge in [0.05, 0.1) is 21.1 Å². The summed E-state index contributed by atoms with van der Waals surface area (Å²) in [5.41, 5.74) is -6.31. The minimum absolute atomic E-state index is 0.00738. The monoisotopic (exact) mass is 443 g/mol. The molecular formula is C15H8F7N3O5. The van der Waals surface area contributed by atoms with Gasteiger partial charge in [0.15, 0.2) is 5.69 Å². The van der Waals surface area contributed by atoms with Gasteiger partial charge in [-0.2, -0.15) is 30.7 Å². The van der Waals surface area contributed by atoms with Crippen LogP contribution in [0.15, 0.2) is 36.4 Å². The molecule has 0 amide bonds. The van der Waals surface area contributed by atoms with Crippen LogP contribution in [-0.4, -0.2) is 22.4 Å². The Morgan fingerprint density at radius 2 is 1.43 bits per heavy atom. The number of hydrogen-bond donors (Lipinski definition) is 1. The van der Waals surface area contributed by atoms with Crippen molar-refractivity contribution in [1.29, 1.82) is 0 Å². The molecule has 0 aromatic heterocycles. The van der Waals surface area contributed by atoms with E-state index in [9.17, 15) is 51.0 Å². The molecule has 0 radical (unpaired) electrons. The van der Waals surface area contributed by atoms with E-state index in [0.29, 0.717) is 0 Å². The first-order chi connectivity index (χ1) is 13.7. The molecule has 0 heterocycles. The highest BCUT2D eigenvalue weighted by atomic mass is 19.4. The molecule has 0 unspecified atom stereocenters. The summed E-state index contributed by atoms with van der Waals surface area (Å²) < 4.78 is 93.8.